The Morgan fingerprint density at radius 2 is 1.78 bits per heavy atom. The highest BCUT2D eigenvalue weighted by molar-refractivity contribution is 6.30. The molecule has 0 radical (unpaired) electrons. The zero-order valence-corrected chi connectivity index (χ0v) is 15.0. The van der Waals surface area contributed by atoms with E-state index in [1.807, 2.05) is 0 Å². The van der Waals surface area contributed by atoms with Gasteiger partial charge in [0, 0.05) is 16.1 Å². The monoisotopic (exact) mass is 383 g/mol. The van der Waals surface area contributed by atoms with Crippen molar-refractivity contribution < 1.29 is 14.3 Å². The van der Waals surface area contributed by atoms with Crippen molar-refractivity contribution >= 4 is 23.4 Å². The molecule has 136 valence electrons. The second-order valence-corrected chi connectivity index (χ2v) is 5.90. The van der Waals surface area contributed by atoms with Gasteiger partial charge in [0.05, 0.1) is 11.9 Å². The van der Waals surface area contributed by atoms with E-state index in [0.717, 1.165) is 0 Å². The Hall–Kier alpha value is -3.32. The summed E-state index contributed by atoms with van der Waals surface area (Å²) < 4.78 is 5.02. The van der Waals surface area contributed by atoms with Gasteiger partial charge in [-0.3, -0.25) is 4.79 Å². The van der Waals surface area contributed by atoms with E-state index in [9.17, 15) is 14.5 Å². The normalized spacial score (nSPS) is 10.4. The van der Waals surface area contributed by atoms with E-state index in [1.165, 1.54) is 0 Å². The number of aromatic nitrogens is 2. The van der Waals surface area contributed by atoms with Gasteiger partial charge in [-0.05, 0) is 24.6 Å². The Labute approximate surface area is 159 Å². The van der Waals surface area contributed by atoms with Crippen LogP contribution in [0.2, 0.25) is 5.02 Å². The summed E-state index contributed by atoms with van der Waals surface area (Å²) >= 11 is 5.93. The average Bonchev–Trinajstić information content (AvgIpc) is 3.08. The molecule has 0 amide bonds. The van der Waals surface area contributed by atoms with Gasteiger partial charge in [-0.1, -0.05) is 54.1 Å². The highest BCUT2D eigenvalue weighted by Crippen LogP contribution is 2.31. The zero-order valence-electron chi connectivity index (χ0n) is 14.3. The highest BCUT2D eigenvalue weighted by atomic mass is 35.5. The molecule has 3 aromatic rings. The van der Waals surface area contributed by atoms with Crippen LogP contribution in [0, 0.1) is 4.91 Å². The maximum atomic E-state index is 13.0. The molecule has 0 aliphatic heterocycles. The standard InChI is InChI=1S/C19H14ClN3O4/c1-2-27-19(25)17-15(12-8-10-14(20)11-9-12)16(21-23(17)22-26)18(24)13-6-4-3-5-7-13/h3-11H,2H2,1H3. The van der Waals surface area contributed by atoms with Crippen molar-refractivity contribution in [1.29, 1.82) is 0 Å². The number of carbonyl (C=O) groups excluding carboxylic acids is 2. The Kier molecular flexibility index (Phi) is 5.42. The second kappa shape index (κ2) is 7.92. The molecule has 0 saturated heterocycles. The van der Waals surface area contributed by atoms with Crippen molar-refractivity contribution in [2.75, 3.05) is 6.61 Å². The molecule has 0 N–H and O–H groups in total. The number of esters is 1. The number of ketones is 1. The van der Waals surface area contributed by atoms with Gasteiger partial charge in [-0.15, -0.1) is 14.8 Å². The number of nitrogens with zero attached hydrogens (tertiary/aromatic N) is 3. The molecule has 27 heavy (non-hydrogen) atoms. The maximum Gasteiger partial charge on any atom is 0.359 e. The lowest BCUT2D eigenvalue weighted by Gasteiger charge is -2.06. The van der Waals surface area contributed by atoms with Crippen LogP contribution in [0.25, 0.3) is 11.1 Å². The smallest absolute Gasteiger partial charge is 0.359 e. The second-order valence-electron chi connectivity index (χ2n) is 5.47. The number of benzene rings is 2. The van der Waals surface area contributed by atoms with Gasteiger partial charge < -0.3 is 4.74 Å². The third-order valence-electron chi connectivity index (χ3n) is 3.80. The summed E-state index contributed by atoms with van der Waals surface area (Å²) in [5.74, 6) is -1.25. The van der Waals surface area contributed by atoms with Crippen LogP contribution in [0.4, 0.5) is 0 Å². The largest absolute Gasteiger partial charge is 0.461 e. The minimum Gasteiger partial charge on any atom is -0.461 e. The van der Waals surface area contributed by atoms with Gasteiger partial charge in [-0.25, -0.2) is 4.79 Å². The number of hydrogen-bond donors (Lipinski definition) is 0. The maximum absolute atomic E-state index is 13.0. The van der Waals surface area contributed by atoms with E-state index in [2.05, 4.69) is 10.4 Å². The summed E-state index contributed by atoms with van der Waals surface area (Å²) in [6, 6.07) is 14.9. The average molecular weight is 384 g/mol. The number of halogens is 1. The van der Waals surface area contributed by atoms with Crippen LogP contribution >= 0.6 is 11.6 Å². The van der Waals surface area contributed by atoms with Crippen LogP contribution in [0.1, 0.15) is 33.5 Å². The van der Waals surface area contributed by atoms with Crippen molar-refractivity contribution in [3.63, 3.8) is 0 Å². The molecule has 0 unspecified atom stereocenters. The zero-order chi connectivity index (χ0) is 19.4. The molecule has 0 aliphatic carbocycles. The molecule has 7 nitrogen and oxygen atoms in total. The minimum absolute atomic E-state index is 0.0776. The van der Waals surface area contributed by atoms with Crippen LogP contribution in [0.3, 0.4) is 0 Å². The van der Waals surface area contributed by atoms with Gasteiger partial charge in [0.1, 0.15) is 5.69 Å². The van der Waals surface area contributed by atoms with Crippen molar-refractivity contribution in [2.24, 2.45) is 5.29 Å². The minimum atomic E-state index is -0.804. The molecule has 8 heteroatoms. The van der Waals surface area contributed by atoms with Gasteiger partial charge in [0.25, 0.3) is 0 Å². The molecule has 0 fully saturated rings. The van der Waals surface area contributed by atoms with E-state index >= 15 is 0 Å². The van der Waals surface area contributed by atoms with Crippen LogP contribution in [-0.2, 0) is 4.74 Å². The van der Waals surface area contributed by atoms with Crippen LogP contribution in [0.15, 0.2) is 59.9 Å². The first kappa shape index (κ1) is 18.5. The number of carbonyl (C=O) groups is 2. The third-order valence-corrected chi connectivity index (χ3v) is 4.05. The van der Waals surface area contributed by atoms with E-state index in [-0.39, 0.29) is 23.6 Å². The van der Waals surface area contributed by atoms with Crippen LogP contribution < -0.4 is 0 Å². The Bertz CT molecular complexity index is 998. The molecule has 0 spiro atoms. The highest BCUT2D eigenvalue weighted by Gasteiger charge is 2.30. The summed E-state index contributed by atoms with van der Waals surface area (Å²) in [5.41, 5.74) is 0.716. The summed E-state index contributed by atoms with van der Waals surface area (Å²) in [7, 11) is 0. The third kappa shape index (κ3) is 3.63. The van der Waals surface area contributed by atoms with Crippen molar-refractivity contribution in [2.45, 2.75) is 6.92 Å². The van der Waals surface area contributed by atoms with E-state index in [1.54, 1.807) is 61.5 Å². The molecule has 3 rings (SSSR count). The lowest BCUT2D eigenvalue weighted by Crippen LogP contribution is -2.11. The van der Waals surface area contributed by atoms with Crippen molar-refractivity contribution in [1.82, 2.24) is 9.89 Å². The molecular formula is C19H14ClN3O4. The molecule has 0 atom stereocenters. The van der Waals surface area contributed by atoms with Crippen LogP contribution in [0.5, 0.6) is 0 Å². The molecule has 0 bridgehead atoms. The fraction of sp³-hybridized carbons (Fsp3) is 0.105. The molecule has 0 aliphatic rings. The summed E-state index contributed by atoms with van der Waals surface area (Å²) in [6.07, 6.45) is 0. The van der Waals surface area contributed by atoms with Crippen molar-refractivity contribution in [3.05, 3.63) is 81.5 Å². The molecule has 2 aromatic carbocycles. The molecule has 1 aromatic heterocycles. The lowest BCUT2D eigenvalue weighted by atomic mass is 9.98. The number of rotatable bonds is 6. The Balaban J connectivity index is 2.26. The summed E-state index contributed by atoms with van der Waals surface area (Å²) in [6.45, 7) is 1.72. The first-order chi connectivity index (χ1) is 13.1. The Morgan fingerprint density at radius 1 is 1.11 bits per heavy atom. The van der Waals surface area contributed by atoms with Gasteiger partial charge in [0.2, 0.25) is 5.78 Å². The number of hydrogen-bond acceptors (Lipinski definition) is 6. The van der Waals surface area contributed by atoms with Crippen molar-refractivity contribution in [3.8, 4) is 11.1 Å². The first-order valence-electron chi connectivity index (χ1n) is 8.06. The predicted octanol–water partition coefficient (Wildman–Crippen LogP) is 4.14. The summed E-state index contributed by atoms with van der Waals surface area (Å²) in [5, 5.41) is 7.19. The molecule has 0 saturated carbocycles. The van der Waals surface area contributed by atoms with E-state index in [4.69, 9.17) is 16.3 Å². The Morgan fingerprint density at radius 3 is 2.37 bits per heavy atom. The van der Waals surface area contributed by atoms with Gasteiger partial charge in [0.15, 0.2) is 5.69 Å². The SMILES string of the molecule is CCOC(=O)c1c(-c2ccc(Cl)cc2)c(C(=O)c2ccccc2)nn1N=O. The predicted molar refractivity (Wildman–Crippen MR) is 99.7 cm³/mol. The van der Waals surface area contributed by atoms with E-state index < -0.39 is 11.8 Å². The van der Waals surface area contributed by atoms with E-state index in [0.29, 0.717) is 20.9 Å². The van der Waals surface area contributed by atoms with Gasteiger partial charge >= 0.3 is 5.97 Å². The quantitative estimate of drug-likeness (QED) is 0.362. The number of ether oxygens (including phenoxy) is 1. The lowest BCUT2D eigenvalue weighted by molar-refractivity contribution is 0.0514. The summed E-state index contributed by atoms with van der Waals surface area (Å²) in [4.78, 5) is 37.2. The fourth-order valence-electron chi connectivity index (χ4n) is 2.62. The topological polar surface area (TPSA) is 90.6 Å². The molecule has 1 heterocycles. The van der Waals surface area contributed by atoms with Gasteiger partial charge in [-0.2, -0.15) is 0 Å². The fourth-order valence-corrected chi connectivity index (χ4v) is 2.75. The first-order valence-corrected chi connectivity index (χ1v) is 8.44. The van der Waals surface area contributed by atoms with Crippen LogP contribution in [-0.4, -0.2) is 28.2 Å². The number of nitroso groups, excluding NO2 is 1. The molecular weight excluding hydrogens is 370 g/mol.